The lowest BCUT2D eigenvalue weighted by Crippen LogP contribution is -2.28. The second-order valence-corrected chi connectivity index (χ2v) is 9.04. The SMILES string of the molecule is CCn1c(C)cc(C(=O)COC(=O)CCCN(C)S(=O)(=O)c2ccc(F)cc2)c1C. The fraction of sp³-hybridized carbons (Fsp3) is 0.429. The highest BCUT2D eigenvalue weighted by Crippen LogP contribution is 2.17. The van der Waals surface area contributed by atoms with Gasteiger partial charge in [-0.2, -0.15) is 0 Å². The molecule has 0 saturated heterocycles. The Bertz CT molecular complexity index is 1010. The van der Waals surface area contributed by atoms with Crippen LogP contribution in [0.3, 0.4) is 0 Å². The number of benzene rings is 1. The van der Waals surface area contributed by atoms with Gasteiger partial charge in [-0.25, -0.2) is 17.1 Å². The van der Waals surface area contributed by atoms with E-state index in [4.69, 9.17) is 4.74 Å². The number of ether oxygens (including phenoxy) is 1. The Kier molecular flexibility index (Phi) is 7.91. The zero-order valence-electron chi connectivity index (χ0n) is 17.6. The number of aryl methyl sites for hydroxylation is 1. The molecule has 0 N–H and O–H groups in total. The molecule has 0 saturated carbocycles. The van der Waals surface area contributed by atoms with E-state index in [0.29, 0.717) is 5.56 Å². The third-order valence-corrected chi connectivity index (χ3v) is 6.80. The van der Waals surface area contributed by atoms with Crippen molar-refractivity contribution in [2.45, 2.75) is 45.1 Å². The van der Waals surface area contributed by atoms with Crippen molar-refractivity contribution in [2.75, 3.05) is 20.2 Å². The van der Waals surface area contributed by atoms with Crippen molar-refractivity contribution in [2.24, 2.45) is 0 Å². The average molecular weight is 439 g/mol. The van der Waals surface area contributed by atoms with E-state index in [1.807, 2.05) is 25.3 Å². The lowest BCUT2D eigenvalue weighted by Gasteiger charge is -2.16. The molecule has 164 valence electrons. The van der Waals surface area contributed by atoms with E-state index in [2.05, 4.69) is 0 Å². The Hall–Kier alpha value is -2.52. The van der Waals surface area contributed by atoms with Crippen molar-refractivity contribution in [3.63, 3.8) is 0 Å². The van der Waals surface area contributed by atoms with Crippen molar-refractivity contribution < 1.29 is 27.1 Å². The van der Waals surface area contributed by atoms with Gasteiger partial charge in [-0.3, -0.25) is 9.59 Å². The zero-order valence-corrected chi connectivity index (χ0v) is 18.5. The van der Waals surface area contributed by atoms with E-state index in [1.54, 1.807) is 6.07 Å². The summed E-state index contributed by atoms with van der Waals surface area (Å²) in [6, 6.07) is 6.32. The summed E-state index contributed by atoms with van der Waals surface area (Å²) < 4.78 is 46.0. The molecule has 0 unspecified atom stereocenters. The number of Topliss-reactive ketones (excluding diaryl/α,β-unsaturated/α-hetero) is 1. The van der Waals surface area contributed by atoms with Gasteiger partial charge in [0.15, 0.2) is 6.61 Å². The summed E-state index contributed by atoms with van der Waals surface area (Å²) in [7, 11) is -2.38. The molecule has 0 bridgehead atoms. The number of carbonyl (C=O) groups excluding carboxylic acids is 2. The van der Waals surface area contributed by atoms with Crippen LogP contribution >= 0.6 is 0 Å². The molecule has 2 aromatic rings. The van der Waals surface area contributed by atoms with E-state index in [9.17, 15) is 22.4 Å². The number of esters is 1. The van der Waals surface area contributed by atoms with E-state index in [1.165, 1.54) is 19.2 Å². The van der Waals surface area contributed by atoms with Gasteiger partial charge in [0.2, 0.25) is 15.8 Å². The van der Waals surface area contributed by atoms with Crippen molar-refractivity contribution in [3.05, 3.63) is 53.1 Å². The molecule has 1 aromatic heterocycles. The average Bonchev–Trinajstić information content (AvgIpc) is 2.99. The van der Waals surface area contributed by atoms with Gasteiger partial charge in [-0.05, 0) is 57.5 Å². The maximum absolute atomic E-state index is 13.0. The Balaban J connectivity index is 1.82. The minimum Gasteiger partial charge on any atom is -0.457 e. The van der Waals surface area contributed by atoms with Crippen molar-refractivity contribution >= 4 is 21.8 Å². The molecule has 1 aromatic carbocycles. The van der Waals surface area contributed by atoms with Gasteiger partial charge in [0.05, 0.1) is 4.90 Å². The third-order valence-electron chi connectivity index (χ3n) is 4.93. The Labute approximate surface area is 176 Å². The molecular weight excluding hydrogens is 411 g/mol. The van der Waals surface area contributed by atoms with E-state index in [-0.39, 0.29) is 36.7 Å². The minimum atomic E-state index is -3.77. The first-order chi connectivity index (χ1) is 14.1. The summed E-state index contributed by atoms with van der Waals surface area (Å²) in [5.41, 5.74) is 2.34. The number of hydrogen-bond acceptors (Lipinski definition) is 5. The van der Waals surface area contributed by atoms with Crippen LogP contribution in [0, 0.1) is 19.7 Å². The van der Waals surface area contributed by atoms with Crippen molar-refractivity contribution in [1.82, 2.24) is 8.87 Å². The number of rotatable bonds is 10. The van der Waals surface area contributed by atoms with Crippen LogP contribution in [0.25, 0.3) is 0 Å². The Morgan fingerprint density at radius 2 is 1.80 bits per heavy atom. The van der Waals surface area contributed by atoms with Gasteiger partial charge in [-0.15, -0.1) is 0 Å². The highest BCUT2D eigenvalue weighted by atomic mass is 32.2. The van der Waals surface area contributed by atoms with Crippen LogP contribution in [0.15, 0.2) is 35.2 Å². The number of ketones is 1. The van der Waals surface area contributed by atoms with Crippen LogP contribution < -0.4 is 0 Å². The molecule has 1 heterocycles. The largest absolute Gasteiger partial charge is 0.457 e. The number of sulfonamides is 1. The second kappa shape index (κ2) is 9.99. The smallest absolute Gasteiger partial charge is 0.306 e. The molecule has 0 fully saturated rings. The highest BCUT2D eigenvalue weighted by Gasteiger charge is 2.21. The molecule has 0 amide bonds. The topological polar surface area (TPSA) is 85.7 Å². The Morgan fingerprint density at radius 1 is 1.17 bits per heavy atom. The number of hydrogen-bond donors (Lipinski definition) is 0. The third kappa shape index (κ3) is 5.54. The lowest BCUT2D eigenvalue weighted by atomic mass is 10.1. The van der Waals surface area contributed by atoms with E-state index >= 15 is 0 Å². The van der Waals surface area contributed by atoms with Gasteiger partial charge in [0, 0.05) is 43.5 Å². The van der Waals surface area contributed by atoms with Crippen LogP contribution in [0.4, 0.5) is 4.39 Å². The molecule has 0 aliphatic heterocycles. The first kappa shape index (κ1) is 23.8. The zero-order chi connectivity index (χ0) is 22.5. The molecular formula is C21H27FN2O5S. The van der Waals surface area contributed by atoms with Gasteiger partial charge in [-0.1, -0.05) is 0 Å². The summed E-state index contributed by atoms with van der Waals surface area (Å²) in [5.74, 6) is -1.36. The van der Waals surface area contributed by atoms with Gasteiger partial charge in [0.1, 0.15) is 5.82 Å². The second-order valence-electron chi connectivity index (χ2n) is 7.00. The Morgan fingerprint density at radius 3 is 2.37 bits per heavy atom. The maximum Gasteiger partial charge on any atom is 0.306 e. The molecule has 2 rings (SSSR count). The molecule has 0 radical (unpaired) electrons. The number of halogens is 1. The van der Waals surface area contributed by atoms with Crippen molar-refractivity contribution in [1.29, 1.82) is 0 Å². The predicted octanol–water partition coefficient (Wildman–Crippen LogP) is 3.09. The molecule has 0 aliphatic rings. The number of carbonyl (C=O) groups is 2. The molecule has 0 spiro atoms. The number of nitrogens with zero attached hydrogens (tertiary/aromatic N) is 2. The van der Waals surface area contributed by atoms with Crippen LogP contribution in [-0.4, -0.2) is 49.2 Å². The predicted molar refractivity (Wildman–Crippen MR) is 110 cm³/mol. The highest BCUT2D eigenvalue weighted by molar-refractivity contribution is 7.89. The summed E-state index contributed by atoms with van der Waals surface area (Å²) >= 11 is 0. The standard InChI is InChI=1S/C21H27FN2O5S/c1-5-24-15(2)13-19(16(24)3)20(25)14-29-21(26)7-6-12-23(4)30(27,28)18-10-8-17(22)9-11-18/h8-11,13H,5-7,12,14H2,1-4H3. The van der Waals surface area contributed by atoms with E-state index in [0.717, 1.165) is 34.4 Å². The lowest BCUT2D eigenvalue weighted by molar-refractivity contribution is -0.142. The minimum absolute atomic E-state index is 0.0233. The van der Waals surface area contributed by atoms with Crippen LogP contribution in [0.5, 0.6) is 0 Å². The monoisotopic (exact) mass is 438 g/mol. The van der Waals surface area contributed by atoms with Gasteiger partial charge >= 0.3 is 5.97 Å². The van der Waals surface area contributed by atoms with Crippen LogP contribution in [-0.2, 0) is 26.1 Å². The summed E-state index contributed by atoms with van der Waals surface area (Å²) in [6.45, 7) is 6.23. The summed E-state index contributed by atoms with van der Waals surface area (Å²) in [5, 5.41) is 0. The molecule has 0 atom stereocenters. The molecule has 30 heavy (non-hydrogen) atoms. The van der Waals surface area contributed by atoms with Crippen molar-refractivity contribution in [3.8, 4) is 0 Å². The van der Waals surface area contributed by atoms with Crippen LogP contribution in [0.1, 0.15) is 41.5 Å². The quantitative estimate of drug-likeness (QED) is 0.420. The normalized spacial score (nSPS) is 11.7. The first-order valence-corrected chi connectivity index (χ1v) is 11.1. The van der Waals surface area contributed by atoms with Gasteiger partial charge < -0.3 is 9.30 Å². The van der Waals surface area contributed by atoms with E-state index < -0.39 is 21.8 Å². The fourth-order valence-corrected chi connectivity index (χ4v) is 4.43. The number of aromatic nitrogens is 1. The van der Waals surface area contributed by atoms with Crippen LogP contribution in [0.2, 0.25) is 0 Å². The molecule has 7 nitrogen and oxygen atoms in total. The fourth-order valence-electron chi connectivity index (χ4n) is 3.22. The summed E-state index contributed by atoms with van der Waals surface area (Å²) in [4.78, 5) is 24.3. The summed E-state index contributed by atoms with van der Waals surface area (Å²) in [6.07, 6.45) is 0.207. The van der Waals surface area contributed by atoms with Gasteiger partial charge in [0.25, 0.3) is 0 Å². The molecule has 0 aliphatic carbocycles. The maximum atomic E-state index is 13.0. The first-order valence-electron chi connectivity index (χ1n) is 9.65. The molecule has 9 heteroatoms.